The highest BCUT2D eigenvalue weighted by Crippen LogP contribution is 2.64. The third kappa shape index (κ3) is 21.6. The van der Waals surface area contributed by atoms with Crippen molar-refractivity contribution in [2.24, 2.45) is 21.7 Å². The standard InChI is InChI=1S/C20H20F5NO2.C19H20BrF2NO2.C18H18F5NO.C17H18BrF2NO.C3H3F3O4S.C2H3ClO.C2H4O2.CH4/c1-3-4-6-19-7-5-14(28)16(20(23,24)25)15(19)11-8-13(21)18(26-10(2)27)17(22)12(11)9-19;1-3-4-6-19-7-5-14(25)16(20)15(19)11-8-13(21)18(23-10(2)24)17(22)12(11)9-19;1-2-3-5-17-6-4-12(25)14(18(21,22)23)13(17)9-7-11(19)16(24)15(20)10(9)8-17;1-2-3-5-17-6-4-12(22)14(18)13(17)9-7-11(19)16(21)15(20)10(9)8-17;1-10-2(7)3(4,5)11(6,8)9;2*1-2(3)4;/h8H,3-7,9H2,1-2H3,(H,26,27);8H,3-7,9H2,1-2H3,(H,23,24);7H,2-6,8,24H2,1H3;7H,2-6,8,21H2,1H3;1H3;1H3;1H3,(H,3,4);1H4. The molecule has 38 heteroatoms. The Morgan fingerprint density at radius 1 is 0.483 bits per heavy atom. The molecule has 0 fully saturated rings. The second-order valence-corrected chi connectivity index (χ2v) is 33.5. The van der Waals surface area contributed by atoms with Gasteiger partial charge in [-0.25, -0.2) is 39.9 Å². The number of carboxylic acids is 1. The average molecular weight is 1890 g/mol. The summed E-state index contributed by atoms with van der Waals surface area (Å²) in [4.78, 5) is 99.1. The van der Waals surface area contributed by atoms with Gasteiger partial charge in [0.2, 0.25) is 17.1 Å². The van der Waals surface area contributed by atoms with Crippen molar-refractivity contribution >= 4 is 151 Å². The third-order valence-corrected chi connectivity index (χ3v) is 24.3. The van der Waals surface area contributed by atoms with Crippen LogP contribution in [0.4, 0.5) is 96.9 Å². The first-order chi connectivity index (χ1) is 55.0. The van der Waals surface area contributed by atoms with Crippen molar-refractivity contribution in [3.05, 3.63) is 135 Å². The molecule has 12 rings (SSSR count). The van der Waals surface area contributed by atoms with E-state index >= 15 is 4.39 Å². The molecule has 17 nitrogen and oxygen atoms in total. The van der Waals surface area contributed by atoms with Gasteiger partial charge in [0.05, 0.1) is 16.1 Å². The number of nitrogen functional groups attached to an aromatic ring is 2. The largest absolute Gasteiger partial charge is 0.481 e. The summed E-state index contributed by atoms with van der Waals surface area (Å²) in [6.45, 7) is 12.6. The van der Waals surface area contributed by atoms with Crippen LogP contribution in [0.15, 0.2) is 44.4 Å². The molecule has 0 heterocycles. The van der Waals surface area contributed by atoms with Crippen LogP contribution < -0.4 is 22.1 Å². The summed E-state index contributed by atoms with van der Waals surface area (Å²) in [5, 5.41) is 6.25. The van der Waals surface area contributed by atoms with Crippen LogP contribution in [0.5, 0.6) is 0 Å². The number of unbranched alkanes of at least 4 members (excludes halogenated alkanes) is 4. The number of hydrogen-bond donors (Lipinski definition) is 5. The van der Waals surface area contributed by atoms with Gasteiger partial charge in [-0.15, -0.1) is 0 Å². The van der Waals surface area contributed by atoms with Crippen LogP contribution in [-0.4, -0.2) is 90.4 Å². The predicted molar refractivity (Wildman–Crippen MR) is 424 cm³/mol. The predicted octanol–water partition coefficient (Wildman–Crippen LogP) is 21.7. The molecule has 0 saturated heterocycles. The number of nitrogens with two attached hydrogens (primary N) is 2. The summed E-state index contributed by atoms with van der Waals surface area (Å²) in [5.41, 5.74) is 5.86. The third-order valence-electron chi connectivity index (χ3n) is 21.9. The van der Waals surface area contributed by atoms with Gasteiger partial charge in [-0.2, -0.15) is 43.5 Å². The summed E-state index contributed by atoms with van der Waals surface area (Å²) in [7, 11) is -5.71. The number of alkyl halides is 8. The van der Waals surface area contributed by atoms with Crippen LogP contribution in [0.25, 0.3) is 22.3 Å². The number of nitrogens with one attached hydrogen (secondary N) is 2. The van der Waals surface area contributed by atoms with Crippen LogP contribution in [-0.2, 0) is 83.8 Å². The van der Waals surface area contributed by atoms with Gasteiger partial charge in [0.1, 0.15) is 57.2 Å². The number of esters is 1. The minimum Gasteiger partial charge on any atom is -0.481 e. The lowest BCUT2D eigenvalue weighted by molar-refractivity contribution is -0.158. The Balaban J connectivity index is 0.000000265. The number of Topliss-reactive ketones (excluding diaryl/α,β-unsaturated/α-hetero) is 4. The number of carbonyl (C=O) groups is 9. The molecule has 4 aromatic rings. The Hall–Kier alpha value is -8.32. The van der Waals surface area contributed by atoms with Gasteiger partial charge in [-0.3, -0.25) is 38.4 Å². The smallest absolute Gasteiger partial charge is 0.470 e. The van der Waals surface area contributed by atoms with E-state index in [0.717, 1.165) is 82.1 Å². The summed E-state index contributed by atoms with van der Waals surface area (Å²) < 4.78 is 256. The van der Waals surface area contributed by atoms with E-state index in [0.29, 0.717) is 109 Å². The fraction of sp³-hybridized carbons (Fsp3) is 0.500. The quantitative estimate of drug-likeness (QED) is 0.0302. The van der Waals surface area contributed by atoms with Crippen LogP contribution in [0.3, 0.4) is 0 Å². The number of allylic oxidation sites excluding steroid dienone is 8. The van der Waals surface area contributed by atoms with Crippen LogP contribution >= 0.6 is 43.5 Å². The number of rotatable bonds is 16. The molecule has 4 aromatic carbocycles. The van der Waals surface area contributed by atoms with Gasteiger partial charge in [-0.1, -0.05) is 90.4 Å². The molecule has 0 spiro atoms. The fourth-order valence-corrected chi connectivity index (χ4v) is 18.7. The Morgan fingerprint density at radius 2 is 0.725 bits per heavy atom. The van der Waals surface area contributed by atoms with Crippen molar-refractivity contribution in [1.82, 2.24) is 0 Å². The number of halogens is 20. The molecule has 4 unspecified atom stereocenters. The van der Waals surface area contributed by atoms with Gasteiger partial charge < -0.3 is 31.9 Å². The zero-order valence-electron chi connectivity index (χ0n) is 65.7. The van der Waals surface area contributed by atoms with Crippen LogP contribution in [0.1, 0.15) is 236 Å². The number of hydrogen-bond acceptors (Lipinski definition) is 14. The average Bonchev–Trinajstić information content (AvgIpc) is 1.59. The number of ketones is 4. The molecule has 2 amide bonds. The first-order valence-corrected chi connectivity index (χ1v) is 40.8. The van der Waals surface area contributed by atoms with Gasteiger partial charge in [-0.05, 0) is 212 Å². The summed E-state index contributed by atoms with van der Waals surface area (Å²) in [5.74, 6) is -13.9. The molecular formula is C82H90Br2ClF17N4O13S. The van der Waals surface area contributed by atoms with E-state index in [-0.39, 0.29) is 107 Å². The number of amides is 2. The number of benzene rings is 4. The molecule has 7 N–H and O–H groups in total. The molecular weight excluding hydrogens is 1800 g/mol. The van der Waals surface area contributed by atoms with E-state index in [1.165, 1.54) is 26.0 Å². The number of methoxy groups -OCH3 is 1. The van der Waals surface area contributed by atoms with E-state index in [2.05, 4.69) is 72.7 Å². The van der Waals surface area contributed by atoms with Crippen molar-refractivity contribution in [2.75, 3.05) is 29.2 Å². The zero-order valence-corrected chi connectivity index (χ0v) is 70.5. The lowest BCUT2D eigenvalue weighted by atomic mass is 9.67. The minimum atomic E-state index is -6.22. The van der Waals surface area contributed by atoms with Crippen molar-refractivity contribution in [2.45, 2.75) is 235 Å². The monoisotopic (exact) mass is 1890 g/mol. The maximum Gasteiger partial charge on any atom is 0.470 e. The van der Waals surface area contributed by atoms with Crippen molar-refractivity contribution in [3.63, 3.8) is 0 Å². The van der Waals surface area contributed by atoms with E-state index in [1.807, 2.05) is 13.8 Å². The summed E-state index contributed by atoms with van der Waals surface area (Å²) >= 11 is 11.4. The SMILES string of the molecule is C.CC(=O)Cl.CC(=O)O.CCCCC12CCC(=O)C(Br)=C1c1cc(F)c(N)c(F)c1C2.CCCCC12CCC(=O)C(Br)=C1c1cc(F)c(NC(C)=O)c(F)c1C2.CCCCC12CCC(=O)C(C(F)(F)F)=C1c1cc(F)c(N)c(F)c1C2.CCCCC12CCC(=O)C(C(F)(F)F)=C1c1cc(F)c(NC(C)=O)c(F)c1C2.COC(=O)C(F)(F)S(=O)(=O)F. The van der Waals surface area contributed by atoms with E-state index in [4.69, 9.17) is 21.4 Å². The lowest BCUT2D eigenvalue weighted by Crippen LogP contribution is -2.36. The van der Waals surface area contributed by atoms with Crippen LogP contribution in [0.2, 0.25) is 0 Å². The first-order valence-electron chi connectivity index (χ1n) is 37.5. The van der Waals surface area contributed by atoms with Crippen molar-refractivity contribution in [1.29, 1.82) is 0 Å². The molecule has 4 atom stereocenters. The number of carboxylic acid groups (broad SMARTS) is 1. The highest BCUT2D eigenvalue weighted by Gasteiger charge is 2.58. The minimum absolute atomic E-state index is 0. The Morgan fingerprint density at radius 3 is 0.958 bits per heavy atom. The normalized spacial score (nSPS) is 20.4. The Bertz CT molecular complexity index is 4990. The van der Waals surface area contributed by atoms with Crippen molar-refractivity contribution < 1.29 is 136 Å². The second-order valence-electron chi connectivity index (χ2n) is 30.0. The topological polar surface area (TPSA) is 293 Å². The van der Waals surface area contributed by atoms with Gasteiger partial charge in [0.25, 0.3) is 5.97 Å². The number of anilines is 4. The fourth-order valence-electron chi connectivity index (χ4n) is 16.7. The molecule has 8 aliphatic carbocycles. The van der Waals surface area contributed by atoms with Crippen molar-refractivity contribution in [3.8, 4) is 0 Å². The first kappa shape index (κ1) is 102. The maximum atomic E-state index is 15.0. The zero-order chi connectivity index (χ0) is 90.3. The molecule has 0 bridgehead atoms. The summed E-state index contributed by atoms with van der Waals surface area (Å²) in [6.07, 6.45) is 2.23. The highest BCUT2D eigenvalue weighted by molar-refractivity contribution is 9.12. The molecule has 120 heavy (non-hydrogen) atoms. The molecule has 662 valence electrons. The van der Waals surface area contributed by atoms with Crippen LogP contribution in [0, 0.1) is 68.2 Å². The van der Waals surface area contributed by atoms with Gasteiger partial charge in [0.15, 0.2) is 46.4 Å². The molecule has 0 saturated carbocycles. The Labute approximate surface area is 703 Å². The van der Waals surface area contributed by atoms with Gasteiger partial charge >= 0.3 is 33.8 Å². The number of fused-ring (bicyclic) bond motifs is 12. The number of aliphatic carboxylic acids is 1. The maximum absolute atomic E-state index is 15.0. The Kier molecular flexibility index (Phi) is 34.4. The van der Waals surface area contributed by atoms with Gasteiger partial charge in [0, 0.05) is 75.0 Å². The molecule has 0 radical (unpaired) electrons. The lowest BCUT2D eigenvalue weighted by Gasteiger charge is -2.37. The number of ether oxygens (including phenoxy) is 1. The molecule has 0 aromatic heterocycles. The molecule has 8 aliphatic rings. The highest BCUT2D eigenvalue weighted by atomic mass is 79.9. The summed E-state index contributed by atoms with van der Waals surface area (Å²) in [6, 6.07) is 4.21. The second kappa shape index (κ2) is 40.3. The van der Waals surface area contributed by atoms with E-state index in [1.54, 1.807) is 0 Å². The molecule has 0 aliphatic heterocycles. The number of carbonyl (C=O) groups excluding carboxylic acids is 8. The van der Waals surface area contributed by atoms with E-state index in [9.17, 15) is 117 Å². The van der Waals surface area contributed by atoms with E-state index < -0.39 is 154 Å².